The van der Waals surface area contributed by atoms with Gasteiger partial charge in [-0.1, -0.05) is 36.4 Å². The number of carbonyl (C=O) groups excluding carboxylic acids is 1. The maximum absolute atomic E-state index is 13.2. The minimum atomic E-state index is -4.78. The Labute approximate surface area is 144 Å². The van der Waals surface area contributed by atoms with Crippen LogP contribution in [0.1, 0.15) is 15.4 Å². The van der Waals surface area contributed by atoms with Gasteiger partial charge < -0.3 is 5.32 Å². The Hall–Kier alpha value is -2.74. The number of nitrogens with zero attached hydrogens (tertiary/aromatic N) is 1. The number of anilines is 1. The molecular formula is C17H10F4N2OS. The lowest BCUT2D eigenvalue weighted by Gasteiger charge is -2.07. The number of alkyl halides is 3. The molecule has 0 saturated carbocycles. The molecule has 1 N–H and O–H groups in total. The maximum Gasteiger partial charge on any atom is 0.435 e. The van der Waals surface area contributed by atoms with E-state index in [0.717, 1.165) is 12.1 Å². The van der Waals surface area contributed by atoms with Gasteiger partial charge in [-0.3, -0.25) is 4.79 Å². The zero-order valence-corrected chi connectivity index (χ0v) is 13.3. The molecule has 0 bridgehead atoms. The number of amides is 1. The van der Waals surface area contributed by atoms with Gasteiger partial charge in [0.15, 0.2) is 5.69 Å². The summed E-state index contributed by atoms with van der Waals surface area (Å²) in [5, 5.41) is 2.35. The lowest BCUT2D eigenvalue weighted by Crippen LogP contribution is -2.17. The summed E-state index contributed by atoms with van der Waals surface area (Å²) in [5.41, 5.74) is -0.721. The molecule has 0 unspecified atom stereocenters. The summed E-state index contributed by atoms with van der Waals surface area (Å²) in [6.45, 7) is 0. The van der Waals surface area contributed by atoms with Gasteiger partial charge in [-0.25, -0.2) is 9.37 Å². The zero-order chi connectivity index (χ0) is 18.0. The molecule has 0 atom stereocenters. The van der Waals surface area contributed by atoms with Gasteiger partial charge in [0, 0.05) is 11.3 Å². The molecule has 128 valence electrons. The van der Waals surface area contributed by atoms with E-state index in [1.54, 1.807) is 30.3 Å². The van der Waals surface area contributed by atoms with Gasteiger partial charge in [-0.05, 0) is 18.2 Å². The number of carbonyl (C=O) groups is 1. The summed E-state index contributed by atoms with van der Waals surface area (Å²) in [6.07, 6.45) is -4.78. The first kappa shape index (κ1) is 17.1. The van der Waals surface area contributed by atoms with Crippen molar-refractivity contribution in [2.24, 2.45) is 0 Å². The smallest absolute Gasteiger partial charge is 0.321 e. The van der Waals surface area contributed by atoms with Crippen LogP contribution in [0.3, 0.4) is 0 Å². The average molecular weight is 366 g/mol. The van der Waals surface area contributed by atoms with E-state index in [0.29, 0.717) is 16.9 Å². The number of thiazole rings is 1. The van der Waals surface area contributed by atoms with E-state index in [9.17, 15) is 22.4 Å². The Morgan fingerprint density at radius 3 is 2.40 bits per heavy atom. The predicted octanol–water partition coefficient (Wildman–Crippen LogP) is 5.22. The van der Waals surface area contributed by atoms with Crippen LogP contribution in [-0.2, 0) is 6.18 Å². The summed E-state index contributed by atoms with van der Waals surface area (Å²) < 4.78 is 52.9. The van der Waals surface area contributed by atoms with E-state index >= 15 is 0 Å². The van der Waals surface area contributed by atoms with Crippen molar-refractivity contribution >= 4 is 22.9 Å². The number of aromatic nitrogens is 1. The van der Waals surface area contributed by atoms with Crippen molar-refractivity contribution in [1.82, 2.24) is 4.98 Å². The SMILES string of the molecule is O=C(Nc1cccc(F)c1)c1sc(-c2ccccc2)nc1C(F)(F)F. The minimum Gasteiger partial charge on any atom is -0.321 e. The molecular weight excluding hydrogens is 356 g/mol. The lowest BCUT2D eigenvalue weighted by molar-refractivity contribution is -0.140. The van der Waals surface area contributed by atoms with Gasteiger partial charge in [0.1, 0.15) is 15.7 Å². The summed E-state index contributed by atoms with van der Waals surface area (Å²) in [5.74, 6) is -1.60. The Kier molecular flexibility index (Phi) is 4.54. The molecule has 1 heterocycles. The number of rotatable bonds is 3. The molecule has 0 fully saturated rings. The van der Waals surface area contributed by atoms with Crippen molar-refractivity contribution in [3.05, 3.63) is 71.0 Å². The number of benzene rings is 2. The van der Waals surface area contributed by atoms with Gasteiger partial charge >= 0.3 is 6.18 Å². The second kappa shape index (κ2) is 6.64. The highest BCUT2D eigenvalue weighted by atomic mass is 32.1. The number of hydrogen-bond acceptors (Lipinski definition) is 3. The first-order chi connectivity index (χ1) is 11.8. The summed E-state index contributed by atoms with van der Waals surface area (Å²) in [4.78, 5) is 15.3. The van der Waals surface area contributed by atoms with Crippen molar-refractivity contribution in [1.29, 1.82) is 0 Å². The van der Waals surface area contributed by atoms with Gasteiger partial charge in [0.2, 0.25) is 0 Å². The molecule has 1 aromatic heterocycles. The predicted molar refractivity (Wildman–Crippen MR) is 86.9 cm³/mol. The van der Waals surface area contributed by atoms with Gasteiger partial charge in [-0.15, -0.1) is 11.3 Å². The molecule has 0 radical (unpaired) electrons. The first-order valence-electron chi connectivity index (χ1n) is 7.05. The Morgan fingerprint density at radius 2 is 1.76 bits per heavy atom. The molecule has 3 rings (SSSR count). The summed E-state index contributed by atoms with van der Waals surface area (Å²) in [6, 6.07) is 13.2. The van der Waals surface area contributed by atoms with Crippen molar-refractivity contribution in [3.63, 3.8) is 0 Å². The van der Waals surface area contributed by atoms with Gasteiger partial charge in [0.25, 0.3) is 5.91 Å². The minimum absolute atomic E-state index is 0.0628. The van der Waals surface area contributed by atoms with Crippen molar-refractivity contribution < 1.29 is 22.4 Å². The fraction of sp³-hybridized carbons (Fsp3) is 0.0588. The van der Waals surface area contributed by atoms with Crippen LogP contribution in [0, 0.1) is 5.82 Å². The van der Waals surface area contributed by atoms with Crippen LogP contribution < -0.4 is 5.32 Å². The highest BCUT2D eigenvalue weighted by molar-refractivity contribution is 7.17. The Morgan fingerprint density at radius 1 is 1.04 bits per heavy atom. The highest BCUT2D eigenvalue weighted by Crippen LogP contribution is 2.38. The lowest BCUT2D eigenvalue weighted by atomic mass is 10.2. The topological polar surface area (TPSA) is 42.0 Å². The van der Waals surface area contributed by atoms with E-state index in [1.165, 1.54) is 12.1 Å². The molecule has 2 aromatic carbocycles. The molecule has 8 heteroatoms. The van der Waals surface area contributed by atoms with E-state index < -0.39 is 28.5 Å². The van der Waals surface area contributed by atoms with Crippen LogP contribution in [0.2, 0.25) is 0 Å². The zero-order valence-electron chi connectivity index (χ0n) is 12.5. The highest BCUT2D eigenvalue weighted by Gasteiger charge is 2.39. The fourth-order valence-electron chi connectivity index (χ4n) is 2.12. The summed E-state index contributed by atoms with van der Waals surface area (Å²) in [7, 11) is 0. The monoisotopic (exact) mass is 366 g/mol. The van der Waals surface area contributed by atoms with E-state index in [4.69, 9.17) is 0 Å². The Bertz CT molecular complexity index is 907. The average Bonchev–Trinajstić information content (AvgIpc) is 3.01. The van der Waals surface area contributed by atoms with E-state index in [1.807, 2.05) is 0 Å². The maximum atomic E-state index is 13.2. The van der Waals surface area contributed by atoms with Crippen molar-refractivity contribution in [3.8, 4) is 10.6 Å². The van der Waals surface area contributed by atoms with Crippen molar-refractivity contribution in [2.75, 3.05) is 5.32 Å². The van der Waals surface area contributed by atoms with Crippen molar-refractivity contribution in [2.45, 2.75) is 6.18 Å². The molecule has 0 saturated heterocycles. The third-order valence-corrected chi connectivity index (χ3v) is 4.31. The third-order valence-electron chi connectivity index (χ3n) is 3.21. The van der Waals surface area contributed by atoms with E-state index in [-0.39, 0.29) is 10.7 Å². The van der Waals surface area contributed by atoms with Crippen LogP contribution >= 0.6 is 11.3 Å². The first-order valence-corrected chi connectivity index (χ1v) is 7.86. The largest absolute Gasteiger partial charge is 0.435 e. The number of hydrogen-bond donors (Lipinski definition) is 1. The fourth-order valence-corrected chi connectivity index (χ4v) is 3.11. The molecule has 0 spiro atoms. The van der Waals surface area contributed by atoms with E-state index in [2.05, 4.69) is 10.3 Å². The van der Waals surface area contributed by atoms with Crippen LogP contribution in [0.15, 0.2) is 54.6 Å². The molecule has 25 heavy (non-hydrogen) atoms. The van der Waals surface area contributed by atoms with Gasteiger partial charge in [0.05, 0.1) is 0 Å². The van der Waals surface area contributed by atoms with Crippen LogP contribution in [-0.4, -0.2) is 10.9 Å². The third kappa shape index (κ3) is 3.85. The summed E-state index contributed by atoms with van der Waals surface area (Å²) >= 11 is 0.634. The molecule has 0 aliphatic heterocycles. The molecule has 1 amide bonds. The van der Waals surface area contributed by atoms with Crippen LogP contribution in [0.4, 0.5) is 23.2 Å². The second-order valence-electron chi connectivity index (χ2n) is 5.03. The van der Waals surface area contributed by atoms with Gasteiger partial charge in [-0.2, -0.15) is 13.2 Å². The Balaban J connectivity index is 1.99. The van der Waals surface area contributed by atoms with Crippen LogP contribution in [0.5, 0.6) is 0 Å². The second-order valence-corrected chi connectivity index (χ2v) is 6.02. The molecule has 3 aromatic rings. The molecule has 3 nitrogen and oxygen atoms in total. The standard InChI is InChI=1S/C17H10F4N2OS/c18-11-7-4-8-12(9-11)22-15(24)13-14(17(19,20)21)23-16(25-13)10-5-2-1-3-6-10/h1-9H,(H,22,24). The molecule has 0 aliphatic rings. The quantitative estimate of drug-likeness (QED) is 0.646. The number of halogens is 4. The van der Waals surface area contributed by atoms with Crippen LogP contribution in [0.25, 0.3) is 10.6 Å². The number of nitrogens with one attached hydrogen (secondary N) is 1. The normalized spacial score (nSPS) is 11.4. The molecule has 0 aliphatic carbocycles.